The number of alkyl halides is 3. The molecule has 0 fully saturated rings. The molecule has 1 aliphatic heterocycles. The predicted octanol–water partition coefficient (Wildman–Crippen LogP) is 1.81. The summed E-state index contributed by atoms with van der Waals surface area (Å²) in [5, 5.41) is 8.55. The third kappa shape index (κ3) is 2.66. The molecule has 0 saturated heterocycles. The van der Waals surface area contributed by atoms with Crippen LogP contribution in [0, 0.1) is 0 Å². The fraction of sp³-hybridized carbons (Fsp3) is 0.500. The lowest BCUT2D eigenvalue weighted by Gasteiger charge is -2.33. The smallest absolute Gasteiger partial charge is 0.408 e. The van der Waals surface area contributed by atoms with Crippen LogP contribution in [-0.2, 0) is 4.79 Å². The van der Waals surface area contributed by atoms with Crippen molar-refractivity contribution in [3.63, 3.8) is 0 Å². The van der Waals surface area contributed by atoms with Crippen molar-refractivity contribution >= 4 is 23.8 Å². The van der Waals surface area contributed by atoms with Crippen molar-refractivity contribution in [2.24, 2.45) is 4.99 Å². The molecule has 8 heteroatoms. The Morgan fingerprint density at radius 3 is 2.69 bits per heavy atom. The first-order valence-electron chi connectivity index (χ1n) is 4.22. The van der Waals surface area contributed by atoms with Crippen LogP contribution in [0.5, 0.6) is 0 Å². The number of carboxylic acid groups (broad SMARTS) is 1. The second-order valence-electron chi connectivity index (χ2n) is 3.18. The summed E-state index contributed by atoms with van der Waals surface area (Å²) in [6.45, 7) is 0.857. The molecule has 1 N–H and O–H groups in total. The summed E-state index contributed by atoms with van der Waals surface area (Å²) in [6.07, 6.45) is -2.79. The van der Waals surface area contributed by atoms with E-state index in [2.05, 4.69) is 4.99 Å². The summed E-state index contributed by atoms with van der Waals surface area (Å²) in [4.78, 5) is 14.8. The van der Waals surface area contributed by atoms with Gasteiger partial charge in [0.15, 0.2) is 6.04 Å². The van der Waals surface area contributed by atoms with E-state index in [1.165, 1.54) is 0 Å². The highest BCUT2D eigenvalue weighted by Crippen LogP contribution is 2.28. The van der Waals surface area contributed by atoms with Crippen LogP contribution < -0.4 is 0 Å². The molecule has 1 rings (SSSR count). The zero-order chi connectivity index (χ0) is 12.5. The molecule has 1 unspecified atom stereocenters. The van der Waals surface area contributed by atoms with Crippen molar-refractivity contribution in [1.82, 2.24) is 4.90 Å². The first kappa shape index (κ1) is 12.8. The highest BCUT2D eigenvalue weighted by Gasteiger charge is 2.43. The van der Waals surface area contributed by atoms with Gasteiger partial charge >= 0.3 is 12.1 Å². The first-order valence-corrected chi connectivity index (χ1v) is 4.59. The Hall–Kier alpha value is -1.24. The van der Waals surface area contributed by atoms with Gasteiger partial charge in [0.05, 0.1) is 0 Å². The molecule has 1 heterocycles. The molecule has 0 aromatic carbocycles. The molecule has 0 aromatic heterocycles. The van der Waals surface area contributed by atoms with Crippen LogP contribution in [0.3, 0.4) is 0 Å². The SMILES string of the molecule is C[C@H](N1C=C(Cl)N=CC1C(=O)O)C(F)(F)F. The standard InChI is InChI=1S/C8H8ClF3N2O2/c1-4(8(10,11)12)14-3-6(9)13-2-5(14)7(15)16/h2-5H,1H3,(H,15,16)/t4-,5?/m0/s1. The van der Waals surface area contributed by atoms with E-state index in [0.29, 0.717) is 4.90 Å². The molecule has 4 nitrogen and oxygen atoms in total. The van der Waals surface area contributed by atoms with E-state index < -0.39 is 24.2 Å². The minimum atomic E-state index is -4.54. The molecule has 0 aliphatic carbocycles. The van der Waals surface area contributed by atoms with Crippen molar-refractivity contribution < 1.29 is 23.1 Å². The number of hydrogen-bond donors (Lipinski definition) is 1. The van der Waals surface area contributed by atoms with E-state index in [1.54, 1.807) is 0 Å². The van der Waals surface area contributed by atoms with Gasteiger partial charge < -0.3 is 10.0 Å². The average molecular weight is 257 g/mol. The molecule has 16 heavy (non-hydrogen) atoms. The first-order chi connectivity index (χ1) is 7.23. The van der Waals surface area contributed by atoms with Gasteiger partial charge in [-0.25, -0.2) is 9.79 Å². The Bertz CT molecular complexity index is 354. The fourth-order valence-corrected chi connectivity index (χ4v) is 1.34. The molecule has 0 amide bonds. The Morgan fingerprint density at radius 2 is 2.25 bits per heavy atom. The van der Waals surface area contributed by atoms with Gasteiger partial charge in [-0.05, 0) is 6.92 Å². The molecule has 90 valence electrons. The average Bonchev–Trinajstić information content (AvgIpc) is 2.14. The summed E-state index contributed by atoms with van der Waals surface area (Å²) in [6, 6.07) is -3.41. The lowest BCUT2D eigenvalue weighted by atomic mass is 10.2. The van der Waals surface area contributed by atoms with Gasteiger partial charge in [-0.15, -0.1) is 0 Å². The van der Waals surface area contributed by atoms with Gasteiger partial charge in [-0.2, -0.15) is 13.2 Å². The molecular formula is C8H8ClF3N2O2. The summed E-state index contributed by atoms with van der Waals surface area (Å²) in [5.74, 6) is -1.42. The largest absolute Gasteiger partial charge is 0.479 e. The molecule has 0 bridgehead atoms. The lowest BCUT2D eigenvalue weighted by molar-refractivity contribution is -0.177. The normalized spacial score (nSPS) is 22.9. The van der Waals surface area contributed by atoms with Crippen molar-refractivity contribution in [1.29, 1.82) is 0 Å². The highest BCUT2D eigenvalue weighted by atomic mass is 35.5. The van der Waals surface area contributed by atoms with Gasteiger partial charge in [0.2, 0.25) is 0 Å². The van der Waals surface area contributed by atoms with Gasteiger partial charge in [0, 0.05) is 12.4 Å². The highest BCUT2D eigenvalue weighted by molar-refractivity contribution is 6.30. The Morgan fingerprint density at radius 1 is 1.69 bits per heavy atom. The third-order valence-corrected chi connectivity index (χ3v) is 2.28. The number of aliphatic carboxylic acids is 1. The molecule has 0 saturated carbocycles. The van der Waals surface area contributed by atoms with Crippen LogP contribution in [-0.4, -0.2) is 40.5 Å². The third-order valence-electron chi connectivity index (χ3n) is 2.09. The van der Waals surface area contributed by atoms with Crippen molar-refractivity contribution in [2.45, 2.75) is 25.2 Å². The van der Waals surface area contributed by atoms with Crippen LogP contribution in [0.4, 0.5) is 13.2 Å². The molecular weight excluding hydrogens is 249 g/mol. The zero-order valence-corrected chi connectivity index (χ0v) is 8.83. The van der Waals surface area contributed by atoms with Gasteiger partial charge in [0.25, 0.3) is 0 Å². The quantitative estimate of drug-likeness (QED) is 0.767. The maximum atomic E-state index is 12.4. The van der Waals surface area contributed by atoms with Gasteiger partial charge in [0.1, 0.15) is 11.2 Å². The number of carbonyl (C=O) groups is 1. The monoisotopic (exact) mass is 256 g/mol. The van der Waals surface area contributed by atoms with E-state index in [-0.39, 0.29) is 5.16 Å². The summed E-state index contributed by atoms with van der Waals surface area (Å²) in [5.41, 5.74) is 0. The number of nitrogens with zero attached hydrogens (tertiary/aromatic N) is 2. The lowest BCUT2D eigenvalue weighted by Crippen LogP contribution is -2.50. The van der Waals surface area contributed by atoms with Crippen LogP contribution >= 0.6 is 11.6 Å². The van der Waals surface area contributed by atoms with E-state index in [4.69, 9.17) is 16.7 Å². The van der Waals surface area contributed by atoms with E-state index in [1.807, 2.05) is 0 Å². The molecule has 0 aromatic rings. The van der Waals surface area contributed by atoms with Crippen LogP contribution in [0.2, 0.25) is 0 Å². The number of halogens is 4. The number of hydrogen-bond acceptors (Lipinski definition) is 3. The maximum Gasteiger partial charge on any atom is 0.408 e. The van der Waals surface area contributed by atoms with E-state index in [9.17, 15) is 18.0 Å². The van der Waals surface area contributed by atoms with Crippen LogP contribution in [0.25, 0.3) is 0 Å². The number of aliphatic imine (C=N–C) groups is 1. The Labute approximate surface area is 94.0 Å². The van der Waals surface area contributed by atoms with Crippen LogP contribution in [0.1, 0.15) is 6.92 Å². The zero-order valence-electron chi connectivity index (χ0n) is 8.07. The summed E-state index contributed by atoms with van der Waals surface area (Å²) < 4.78 is 37.3. The second-order valence-corrected chi connectivity index (χ2v) is 3.57. The Balaban J connectivity index is 2.99. The minimum Gasteiger partial charge on any atom is -0.479 e. The summed E-state index contributed by atoms with van der Waals surface area (Å²) in [7, 11) is 0. The predicted molar refractivity (Wildman–Crippen MR) is 51.2 cm³/mol. The second kappa shape index (κ2) is 4.32. The summed E-state index contributed by atoms with van der Waals surface area (Å²) >= 11 is 5.44. The topological polar surface area (TPSA) is 52.9 Å². The maximum absolute atomic E-state index is 12.4. The number of carboxylic acids is 1. The van der Waals surface area contributed by atoms with Gasteiger partial charge in [-0.1, -0.05) is 11.6 Å². The van der Waals surface area contributed by atoms with E-state index in [0.717, 1.165) is 19.3 Å². The van der Waals surface area contributed by atoms with E-state index >= 15 is 0 Å². The van der Waals surface area contributed by atoms with Gasteiger partial charge in [-0.3, -0.25) is 0 Å². The molecule has 0 spiro atoms. The van der Waals surface area contributed by atoms with Crippen molar-refractivity contribution in [2.75, 3.05) is 0 Å². The molecule has 2 atom stereocenters. The van der Waals surface area contributed by atoms with Crippen LogP contribution in [0.15, 0.2) is 16.3 Å². The van der Waals surface area contributed by atoms with Crippen molar-refractivity contribution in [3.05, 3.63) is 11.4 Å². The molecule has 1 aliphatic rings. The van der Waals surface area contributed by atoms with Crippen molar-refractivity contribution in [3.8, 4) is 0 Å². The fourth-order valence-electron chi connectivity index (χ4n) is 1.17. The Kier molecular flexibility index (Phi) is 3.47. The minimum absolute atomic E-state index is 0.186. The molecule has 0 radical (unpaired) electrons. The number of rotatable bonds is 2.